The lowest BCUT2D eigenvalue weighted by molar-refractivity contribution is -0.118. The fraction of sp³-hybridized carbons (Fsp3) is 0.211. The quantitative estimate of drug-likeness (QED) is 0.833. The van der Waals surface area contributed by atoms with Gasteiger partial charge >= 0.3 is 0 Å². The Morgan fingerprint density at radius 3 is 2.39 bits per heavy atom. The van der Waals surface area contributed by atoms with Crippen molar-refractivity contribution >= 4 is 12.0 Å². The maximum absolute atomic E-state index is 12.9. The summed E-state index contributed by atoms with van der Waals surface area (Å²) in [5.74, 6) is -0.619. The Balaban J connectivity index is 2.00. The van der Waals surface area contributed by atoms with Crippen LogP contribution in [0.4, 0.5) is 4.39 Å². The van der Waals surface area contributed by atoms with Crippen molar-refractivity contribution in [3.63, 3.8) is 0 Å². The Morgan fingerprint density at radius 2 is 1.78 bits per heavy atom. The van der Waals surface area contributed by atoms with E-state index in [1.165, 1.54) is 24.3 Å². The molecule has 3 nitrogen and oxygen atoms in total. The molecule has 0 fully saturated rings. The van der Waals surface area contributed by atoms with E-state index in [4.69, 9.17) is 0 Å². The minimum Gasteiger partial charge on any atom is -0.384 e. The molecular weight excluding hydrogens is 293 g/mol. The number of carbonyl (C=O) groups excluding carboxylic acids is 1. The molecule has 23 heavy (non-hydrogen) atoms. The summed E-state index contributed by atoms with van der Waals surface area (Å²) in [5.41, 5.74) is 0.761. The van der Waals surface area contributed by atoms with Crippen molar-refractivity contribution in [1.82, 2.24) is 5.32 Å². The molecule has 1 atom stereocenters. The third kappa shape index (κ3) is 4.76. The summed E-state index contributed by atoms with van der Waals surface area (Å²) in [6.07, 6.45) is 1.78. The highest BCUT2D eigenvalue weighted by Crippen LogP contribution is 2.20. The number of rotatable bonds is 5. The van der Waals surface area contributed by atoms with Crippen LogP contribution in [0, 0.1) is 5.82 Å². The van der Waals surface area contributed by atoms with Gasteiger partial charge in [0.15, 0.2) is 0 Å². The van der Waals surface area contributed by atoms with Crippen LogP contribution in [0.1, 0.15) is 25.0 Å². The molecule has 2 aromatic rings. The second kappa shape index (κ2) is 7.20. The zero-order valence-corrected chi connectivity index (χ0v) is 13.2. The highest BCUT2D eigenvalue weighted by atomic mass is 19.1. The lowest BCUT2D eigenvalue weighted by atomic mass is 9.96. The summed E-state index contributed by atoms with van der Waals surface area (Å²) in [6.45, 7) is 3.34. The van der Waals surface area contributed by atoms with Crippen molar-refractivity contribution in [1.29, 1.82) is 0 Å². The minimum absolute atomic E-state index is 0.0391. The molecule has 1 amide bonds. The van der Waals surface area contributed by atoms with Gasteiger partial charge in [-0.2, -0.15) is 0 Å². The van der Waals surface area contributed by atoms with Crippen LogP contribution in [0.3, 0.4) is 0 Å². The van der Waals surface area contributed by atoms with Gasteiger partial charge in [-0.25, -0.2) is 4.39 Å². The minimum atomic E-state index is -1.27. The van der Waals surface area contributed by atoms with Crippen LogP contribution in [0.2, 0.25) is 0 Å². The van der Waals surface area contributed by atoms with Gasteiger partial charge in [0.2, 0.25) is 5.91 Å². The highest BCUT2D eigenvalue weighted by Gasteiger charge is 2.24. The van der Waals surface area contributed by atoms with Crippen LogP contribution in [0.25, 0.3) is 6.08 Å². The van der Waals surface area contributed by atoms with Crippen LogP contribution < -0.4 is 5.32 Å². The fourth-order valence-corrected chi connectivity index (χ4v) is 2.17. The van der Waals surface area contributed by atoms with Gasteiger partial charge in [0, 0.05) is 5.57 Å². The molecular formula is C19H20FNO2. The van der Waals surface area contributed by atoms with E-state index in [1.807, 2.05) is 30.3 Å². The van der Waals surface area contributed by atoms with Gasteiger partial charge in [-0.15, -0.1) is 0 Å². The van der Waals surface area contributed by atoms with Gasteiger partial charge in [-0.1, -0.05) is 42.5 Å². The van der Waals surface area contributed by atoms with E-state index in [1.54, 1.807) is 19.9 Å². The number of benzene rings is 2. The molecule has 0 radical (unpaired) electrons. The molecule has 2 aromatic carbocycles. The van der Waals surface area contributed by atoms with Crippen molar-refractivity contribution in [3.05, 3.63) is 77.1 Å². The smallest absolute Gasteiger partial charge is 0.247 e. The maximum Gasteiger partial charge on any atom is 0.247 e. The van der Waals surface area contributed by atoms with Crippen molar-refractivity contribution in [2.45, 2.75) is 19.4 Å². The summed E-state index contributed by atoms with van der Waals surface area (Å²) in [6, 6.07) is 15.1. The van der Waals surface area contributed by atoms with Gasteiger partial charge < -0.3 is 10.4 Å². The molecule has 2 N–H and O–H groups in total. The van der Waals surface area contributed by atoms with Gasteiger partial charge in [-0.05, 0) is 43.2 Å². The molecule has 0 saturated carbocycles. The number of nitrogens with one attached hydrogen (secondary N) is 1. The first-order valence-corrected chi connectivity index (χ1v) is 7.38. The largest absolute Gasteiger partial charge is 0.384 e. The molecule has 0 saturated heterocycles. The Hall–Kier alpha value is -2.46. The Labute approximate surface area is 135 Å². The maximum atomic E-state index is 12.9. The van der Waals surface area contributed by atoms with Crippen molar-refractivity contribution in [2.75, 3.05) is 6.54 Å². The average molecular weight is 313 g/mol. The Morgan fingerprint density at radius 1 is 1.17 bits per heavy atom. The number of carbonyl (C=O) groups is 1. The molecule has 0 aliphatic rings. The SMILES string of the molecule is C/C(=C\c1ccccc1)C(=O)NCC(C)(O)c1ccc(F)cc1. The Bertz CT molecular complexity index is 691. The van der Waals surface area contributed by atoms with Crippen LogP contribution in [-0.4, -0.2) is 17.6 Å². The van der Waals surface area contributed by atoms with Crippen LogP contribution in [0.5, 0.6) is 0 Å². The summed E-state index contributed by atoms with van der Waals surface area (Å²) < 4.78 is 12.9. The van der Waals surface area contributed by atoms with Crippen LogP contribution in [-0.2, 0) is 10.4 Å². The number of halogens is 1. The number of amides is 1. The predicted octanol–water partition coefficient (Wildman–Crippen LogP) is 3.25. The average Bonchev–Trinajstić information content (AvgIpc) is 2.54. The van der Waals surface area contributed by atoms with Crippen LogP contribution in [0.15, 0.2) is 60.2 Å². The molecule has 4 heteroatoms. The third-order valence-electron chi connectivity index (χ3n) is 3.60. The molecule has 120 valence electrons. The van der Waals surface area contributed by atoms with E-state index in [0.29, 0.717) is 11.1 Å². The standard InChI is InChI=1S/C19H20FNO2/c1-14(12-15-6-4-3-5-7-15)18(22)21-13-19(2,23)16-8-10-17(20)11-9-16/h3-12,23H,13H2,1-2H3,(H,21,22)/b14-12+. The van der Waals surface area contributed by atoms with E-state index >= 15 is 0 Å². The van der Waals surface area contributed by atoms with Crippen molar-refractivity contribution < 1.29 is 14.3 Å². The first-order chi connectivity index (χ1) is 10.9. The van der Waals surface area contributed by atoms with E-state index in [9.17, 15) is 14.3 Å². The first kappa shape index (κ1) is 16.9. The fourth-order valence-electron chi connectivity index (χ4n) is 2.17. The topological polar surface area (TPSA) is 49.3 Å². The van der Waals surface area contributed by atoms with E-state index in [2.05, 4.69) is 5.32 Å². The molecule has 0 spiro atoms. The Kier molecular flexibility index (Phi) is 5.29. The van der Waals surface area contributed by atoms with Gasteiger partial charge in [-0.3, -0.25) is 4.79 Å². The summed E-state index contributed by atoms with van der Waals surface area (Å²) in [4.78, 5) is 12.1. The normalized spacial score (nSPS) is 14.2. The number of aliphatic hydroxyl groups is 1. The van der Waals surface area contributed by atoms with Crippen molar-refractivity contribution in [2.24, 2.45) is 0 Å². The molecule has 0 aliphatic heterocycles. The number of hydrogen-bond donors (Lipinski definition) is 2. The second-order valence-electron chi connectivity index (χ2n) is 5.70. The third-order valence-corrected chi connectivity index (χ3v) is 3.60. The van der Waals surface area contributed by atoms with E-state index in [0.717, 1.165) is 5.56 Å². The summed E-state index contributed by atoms with van der Waals surface area (Å²) in [7, 11) is 0. The van der Waals surface area contributed by atoms with Crippen molar-refractivity contribution in [3.8, 4) is 0 Å². The molecule has 0 aliphatic carbocycles. The van der Waals surface area contributed by atoms with Gasteiger partial charge in [0.1, 0.15) is 11.4 Å². The zero-order valence-electron chi connectivity index (χ0n) is 13.2. The first-order valence-electron chi connectivity index (χ1n) is 7.38. The lowest BCUT2D eigenvalue weighted by Crippen LogP contribution is -2.38. The summed E-state index contributed by atoms with van der Waals surface area (Å²) >= 11 is 0. The number of hydrogen-bond acceptors (Lipinski definition) is 2. The zero-order chi connectivity index (χ0) is 16.9. The van der Waals surface area contributed by atoms with E-state index < -0.39 is 5.60 Å². The molecule has 2 rings (SSSR count). The predicted molar refractivity (Wildman–Crippen MR) is 89.1 cm³/mol. The van der Waals surface area contributed by atoms with Gasteiger partial charge in [0.25, 0.3) is 0 Å². The van der Waals surface area contributed by atoms with Gasteiger partial charge in [0.05, 0.1) is 6.54 Å². The van der Waals surface area contributed by atoms with Crippen LogP contribution >= 0.6 is 0 Å². The highest BCUT2D eigenvalue weighted by molar-refractivity contribution is 5.97. The summed E-state index contributed by atoms with van der Waals surface area (Å²) in [5, 5.41) is 13.1. The molecule has 0 bridgehead atoms. The van der Waals surface area contributed by atoms with E-state index in [-0.39, 0.29) is 18.3 Å². The molecule has 1 unspecified atom stereocenters. The second-order valence-corrected chi connectivity index (χ2v) is 5.70. The monoisotopic (exact) mass is 313 g/mol. The molecule has 0 heterocycles. The molecule has 0 aromatic heterocycles. The lowest BCUT2D eigenvalue weighted by Gasteiger charge is -2.24.